The fraction of sp³-hybridized carbons (Fsp3) is 0.160. The molecule has 0 aliphatic rings. The van der Waals surface area contributed by atoms with E-state index in [1.807, 2.05) is 12.1 Å². The molecule has 37 heavy (non-hydrogen) atoms. The van der Waals surface area contributed by atoms with Gasteiger partial charge in [0.15, 0.2) is 11.4 Å². The van der Waals surface area contributed by atoms with Crippen LogP contribution in [-0.4, -0.2) is 55.6 Å². The monoisotopic (exact) mass is 534 g/mol. The zero-order valence-electron chi connectivity index (χ0n) is 19.6. The predicted molar refractivity (Wildman–Crippen MR) is 140 cm³/mol. The van der Waals surface area contributed by atoms with E-state index in [0.717, 1.165) is 10.9 Å². The Balaban J connectivity index is 1.53. The lowest BCUT2D eigenvalue weighted by Gasteiger charge is -2.15. The topological polar surface area (TPSA) is 128 Å². The molecule has 0 unspecified atom stereocenters. The molecule has 0 atom stereocenters. The number of nitrogens with zero attached hydrogens (tertiary/aromatic N) is 7. The number of aromatic nitrogens is 5. The lowest BCUT2D eigenvalue weighted by atomic mass is 10.2. The van der Waals surface area contributed by atoms with Crippen LogP contribution in [0.15, 0.2) is 54.9 Å². The Kier molecular flexibility index (Phi) is 6.67. The molecule has 0 saturated carbocycles. The van der Waals surface area contributed by atoms with Crippen LogP contribution < -0.4 is 10.5 Å². The van der Waals surface area contributed by atoms with Crippen LogP contribution in [-0.2, 0) is 6.54 Å². The van der Waals surface area contributed by atoms with Gasteiger partial charge in [0.05, 0.1) is 46.0 Å². The maximum atomic E-state index is 12.9. The van der Waals surface area contributed by atoms with Crippen molar-refractivity contribution in [3.05, 3.63) is 76.2 Å². The predicted octanol–water partition coefficient (Wildman–Crippen LogP) is 4.66. The fourth-order valence-corrected chi connectivity index (χ4v) is 4.42. The standard InChI is InChI=1S/C25H20Cl2N8O2/c1-33(8-6-28)25(36)35-24-18(3-2-7-30-24)21(32-35)14-34-22-5-4-20(27)23(19(22)13-31-34)37-17-10-15(12-29)9-16(26)11-17/h2-5,7,9-11,13H,6,8,14,28H2,1H3. The van der Waals surface area contributed by atoms with E-state index in [-0.39, 0.29) is 12.6 Å². The van der Waals surface area contributed by atoms with E-state index < -0.39 is 0 Å². The van der Waals surface area contributed by atoms with Crippen molar-refractivity contribution >= 4 is 51.2 Å². The summed E-state index contributed by atoms with van der Waals surface area (Å²) in [5.74, 6) is 0.759. The lowest BCUT2D eigenvalue weighted by molar-refractivity contribution is 0.209. The maximum Gasteiger partial charge on any atom is 0.346 e. The molecule has 186 valence electrons. The molecule has 10 nitrogen and oxygen atoms in total. The number of rotatable bonds is 6. The number of nitrogens with two attached hydrogens (primary N) is 1. The third-order valence-electron chi connectivity index (χ3n) is 5.74. The molecule has 0 fully saturated rings. The van der Waals surface area contributed by atoms with Crippen molar-refractivity contribution in [2.75, 3.05) is 20.1 Å². The molecular weight excluding hydrogens is 515 g/mol. The molecule has 12 heteroatoms. The number of ether oxygens (including phenoxy) is 1. The second-order valence-corrected chi connectivity index (χ2v) is 9.07. The quantitative estimate of drug-likeness (QED) is 0.335. The summed E-state index contributed by atoms with van der Waals surface area (Å²) in [6.45, 7) is 0.989. The SMILES string of the molecule is CN(CCN)C(=O)n1nc(Cn2ncc3c(Oc4cc(Cl)cc(C#N)c4)c(Cl)ccc32)c2cccnc21. The third kappa shape index (κ3) is 4.68. The molecule has 3 heterocycles. The van der Waals surface area contributed by atoms with E-state index >= 15 is 0 Å². The van der Waals surface area contributed by atoms with Gasteiger partial charge in [-0.3, -0.25) is 4.68 Å². The minimum Gasteiger partial charge on any atom is -0.455 e. The van der Waals surface area contributed by atoms with Crippen LogP contribution in [0.2, 0.25) is 10.0 Å². The van der Waals surface area contributed by atoms with Gasteiger partial charge in [-0.2, -0.15) is 20.1 Å². The minimum atomic E-state index is -0.327. The van der Waals surface area contributed by atoms with Crippen molar-refractivity contribution in [1.82, 2.24) is 29.4 Å². The summed E-state index contributed by atoms with van der Waals surface area (Å²) in [7, 11) is 1.66. The number of benzene rings is 2. The van der Waals surface area contributed by atoms with Crippen molar-refractivity contribution in [1.29, 1.82) is 5.26 Å². The summed E-state index contributed by atoms with van der Waals surface area (Å²) < 4.78 is 9.08. The first-order valence-corrected chi connectivity index (χ1v) is 12.0. The lowest BCUT2D eigenvalue weighted by Crippen LogP contribution is -2.35. The van der Waals surface area contributed by atoms with Gasteiger partial charge in [-0.15, -0.1) is 0 Å². The fourth-order valence-electron chi connectivity index (χ4n) is 3.99. The van der Waals surface area contributed by atoms with Gasteiger partial charge in [-0.1, -0.05) is 23.2 Å². The van der Waals surface area contributed by atoms with Gasteiger partial charge in [0.25, 0.3) is 0 Å². The van der Waals surface area contributed by atoms with Gasteiger partial charge in [-0.05, 0) is 42.5 Å². The first-order chi connectivity index (χ1) is 17.9. The van der Waals surface area contributed by atoms with Crippen LogP contribution in [0.25, 0.3) is 21.9 Å². The summed E-state index contributed by atoms with van der Waals surface area (Å²) in [6, 6.07) is 13.6. The van der Waals surface area contributed by atoms with Gasteiger partial charge in [0, 0.05) is 36.7 Å². The van der Waals surface area contributed by atoms with E-state index in [0.29, 0.717) is 56.9 Å². The Morgan fingerprint density at radius 3 is 2.84 bits per heavy atom. The minimum absolute atomic E-state index is 0.267. The molecule has 0 bridgehead atoms. The van der Waals surface area contributed by atoms with Gasteiger partial charge >= 0.3 is 6.03 Å². The number of hydrogen-bond acceptors (Lipinski definition) is 7. The zero-order chi connectivity index (χ0) is 26.1. The van der Waals surface area contributed by atoms with Crippen LogP contribution in [0.5, 0.6) is 11.5 Å². The molecule has 0 saturated heterocycles. The molecule has 5 rings (SSSR count). The molecule has 2 aromatic carbocycles. The van der Waals surface area contributed by atoms with Crippen molar-refractivity contribution in [3.63, 3.8) is 0 Å². The Labute approximate surface area is 221 Å². The molecule has 5 aromatic rings. The molecule has 0 aliphatic carbocycles. The zero-order valence-corrected chi connectivity index (χ0v) is 21.1. The Morgan fingerprint density at radius 2 is 2.05 bits per heavy atom. The van der Waals surface area contributed by atoms with E-state index in [4.69, 9.17) is 33.7 Å². The molecule has 0 aliphatic heterocycles. The van der Waals surface area contributed by atoms with Crippen LogP contribution in [0.1, 0.15) is 11.3 Å². The number of pyridine rings is 1. The number of fused-ring (bicyclic) bond motifs is 2. The van der Waals surface area contributed by atoms with E-state index in [2.05, 4.69) is 21.3 Å². The third-order valence-corrected chi connectivity index (χ3v) is 6.26. The smallest absolute Gasteiger partial charge is 0.346 e. The molecular formula is C25H20Cl2N8O2. The number of halogens is 2. The van der Waals surface area contributed by atoms with Gasteiger partial charge in [0.1, 0.15) is 5.75 Å². The van der Waals surface area contributed by atoms with Crippen LogP contribution in [0.3, 0.4) is 0 Å². The van der Waals surface area contributed by atoms with Crippen molar-refractivity contribution in [3.8, 4) is 17.6 Å². The van der Waals surface area contributed by atoms with Gasteiger partial charge < -0.3 is 15.4 Å². The molecule has 0 spiro atoms. The number of likely N-dealkylation sites (N-methyl/N-ethyl adjacent to an activating group) is 1. The summed E-state index contributed by atoms with van der Waals surface area (Å²) in [4.78, 5) is 18.8. The Hall–Kier alpha value is -4.17. The number of carbonyl (C=O) groups is 1. The van der Waals surface area contributed by atoms with E-state index in [1.54, 1.807) is 54.5 Å². The van der Waals surface area contributed by atoms with Gasteiger partial charge in [0.2, 0.25) is 0 Å². The highest BCUT2D eigenvalue weighted by atomic mass is 35.5. The molecule has 0 radical (unpaired) electrons. The second kappa shape index (κ2) is 10.1. The highest BCUT2D eigenvalue weighted by Gasteiger charge is 2.21. The van der Waals surface area contributed by atoms with Crippen molar-refractivity contribution < 1.29 is 9.53 Å². The summed E-state index contributed by atoms with van der Waals surface area (Å²) >= 11 is 12.6. The summed E-state index contributed by atoms with van der Waals surface area (Å²) in [6.07, 6.45) is 3.26. The average Bonchev–Trinajstić information content (AvgIpc) is 3.47. The Bertz CT molecular complexity index is 1690. The summed E-state index contributed by atoms with van der Waals surface area (Å²) in [5.41, 5.74) is 7.78. The largest absolute Gasteiger partial charge is 0.455 e. The normalized spacial score (nSPS) is 11.1. The van der Waals surface area contributed by atoms with Crippen molar-refractivity contribution in [2.45, 2.75) is 6.54 Å². The average molecular weight is 535 g/mol. The van der Waals surface area contributed by atoms with E-state index in [1.165, 1.54) is 9.58 Å². The Morgan fingerprint density at radius 1 is 1.22 bits per heavy atom. The van der Waals surface area contributed by atoms with Crippen LogP contribution in [0.4, 0.5) is 4.79 Å². The molecule has 1 amide bonds. The van der Waals surface area contributed by atoms with E-state index in [9.17, 15) is 10.1 Å². The number of amides is 1. The first kappa shape index (κ1) is 24.5. The first-order valence-electron chi connectivity index (χ1n) is 11.2. The second-order valence-electron chi connectivity index (χ2n) is 8.23. The van der Waals surface area contributed by atoms with Crippen LogP contribution in [0, 0.1) is 11.3 Å². The summed E-state index contributed by atoms with van der Waals surface area (Å²) in [5, 5.41) is 20.5. The van der Waals surface area contributed by atoms with Gasteiger partial charge in [-0.25, -0.2) is 9.78 Å². The molecule has 2 N–H and O–H groups in total. The maximum absolute atomic E-state index is 12.9. The number of nitriles is 1. The van der Waals surface area contributed by atoms with Crippen LogP contribution >= 0.6 is 23.2 Å². The number of carbonyl (C=O) groups excluding carboxylic acids is 1. The number of hydrogen-bond donors (Lipinski definition) is 1. The molecule has 3 aromatic heterocycles. The highest BCUT2D eigenvalue weighted by molar-refractivity contribution is 6.33. The van der Waals surface area contributed by atoms with Crippen molar-refractivity contribution in [2.24, 2.45) is 5.73 Å². The highest BCUT2D eigenvalue weighted by Crippen LogP contribution is 2.38.